The lowest BCUT2D eigenvalue weighted by molar-refractivity contribution is 0.811. The summed E-state index contributed by atoms with van der Waals surface area (Å²) in [5, 5.41) is 6.75. The second-order valence-electron chi connectivity index (χ2n) is 5.83. The molecule has 2 N–H and O–H groups in total. The summed E-state index contributed by atoms with van der Waals surface area (Å²) < 4.78 is 0. The van der Waals surface area contributed by atoms with Crippen molar-refractivity contribution >= 4 is 35.8 Å². The van der Waals surface area contributed by atoms with Gasteiger partial charge in [-0.2, -0.15) is 0 Å². The number of aliphatic imine (C=N–C) groups is 1. The molecule has 0 bridgehead atoms. The van der Waals surface area contributed by atoms with Gasteiger partial charge in [-0.15, -0.1) is 24.0 Å². The molecule has 0 unspecified atom stereocenters. The number of hydrogen-bond donors (Lipinski definition) is 2. The van der Waals surface area contributed by atoms with Crippen molar-refractivity contribution in [3.05, 3.63) is 23.9 Å². The highest BCUT2D eigenvalue weighted by molar-refractivity contribution is 14.0. The largest absolute Gasteiger partial charge is 0.357 e. The van der Waals surface area contributed by atoms with E-state index in [9.17, 15) is 0 Å². The molecule has 2 fully saturated rings. The lowest BCUT2D eigenvalue weighted by atomic mass is 10.2. The summed E-state index contributed by atoms with van der Waals surface area (Å²) in [4.78, 5) is 11.5. The van der Waals surface area contributed by atoms with Gasteiger partial charge in [0, 0.05) is 31.9 Å². The van der Waals surface area contributed by atoms with E-state index in [2.05, 4.69) is 44.6 Å². The smallest absolute Gasteiger partial charge is 0.191 e. The van der Waals surface area contributed by atoms with Crippen molar-refractivity contribution in [2.24, 2.45) is 4.99 Å². The maximum Gasteiger partial charge on any atom is 0.191 e. The summed E-state index contributed by atoms with van der Waals surface area (Å²) in [7, 11) is 0. The number of halogens is 1. The maximum atomic E-state index is 4.68. The van der Waals surface area contributed by atoms with Crippen molar-refractivity contribution in [1.29, 1.82) is 0 Å². The Kier molecular flexibility index (Phi) is 6.72. The van der Waals surface area contributed by atoms with Crippen LogP contribution < -0.4 is 15.5 Å². The van der Waals surface area contributed by atoms with E-state index < -0.39 is 0 Å². The topological polar surface area (TPSA) is 52.6 Å². The van der Waals surface area contributed by atoms with Crippen LogP contribution in [0.25, 0.3) is 0 Å². The Bertz CT molecular complexity index is 495. The highest BCUT2D eigenvalue weighted by atomic mass is 127. The molecule has 2 heterocycles. The van der Waals surface area contributed by atoms with Gasteiger partial charge in [-0.25, -0.2) is 9.98 Å². The quantitative estimate of drug-likeness (QED) is 0.441. The van der Waals surface area contributed by atoms with E-state index in [1.54, 1.807) is 0 Å². The fraction of sp³-hybridized carbons (Fsp3) is 0.625. The zero-order valence-corrected chi connectivity index (χ0v) is 15.5. The molecule has 6 heteroatoms. The minimum Gasteiger partial charge on any atom is -0.357 e. The van der Waals surface area contributed by atoms with Crippen LogP contribution in [0.5, 0.6) is 0 Å². The van der Waals surface area contributed by atoms with Crippen molar-refractivity contribution in [2.45, 2.75) is 45.2 Å². The van der Waals surface area contributed by atoms with E-state index >= 15 is 0 Å². The molecule has 0 amide bonds. The molecule has 1 aliphatic heterocycles. The molecule has 1 aromatic heterocycles. The minimum atomic E-state index is 0. The second-order valence-corrected chi connectivity index (χ2v) is 5.83. The van der Waals surface area contributed by atoms with Crippen LogP contribution in [0.2, 0.25) is 0 Å². The van der Waals surface area contributed by atoms with Gasteiger partial charge in [-0.1, -0.05) is 0 Å². The SMILES string of the molecule is CCNC(=NCc1ccnc(N2CCCC2)c1)NC1CC1.I. The van der Waals surface area contributed by atoms with Gasteiger partial charge in [0.15, 0.2) is 5.96 Å². The Balaban J connectivity index is 0.00000176. The van der Waals surface area contributed by atoms with Crippen LogP contribution in [0.3, 0.4) is 0 Å². The molecule has 22 heavy (non-hydrogen) atoms. The first-order chi connectivity index (χ1) is 10.3. The van der Waals surface area contributed by atoms with Crippen LogP contribution in [-0.4, -0.2) is 36.6 Å². The molecule has 1 aliphatic carbocycles. The Hall–Kier alpha value is -1.05. The number of aromatic nitrogens is 1. The third-order valence-corrected chi connectivity index (χ3v) is 3.92. The zero-order chi connectivity index (χ0) is 14.5. The fourth-order valence-corrected chi connectivity index (χ4v) is 2.59. The summed E-state index contributed by atoms with van der Waals surface area (Å²) in [5.41, 5.74) is 1.22. The summed E-state index contributed by atoms with van der Waals surface area (Å²) in [6.07, 6.45) is 6.98. The van der Waals surface area contributed by atoms with Crippen LogP contribution in [-0.2, 0) is 6.54 Å². The molecule has 1 saturated heterocycles. The lowest BCUT2D eigenvalue weighted by Crippen LogP contribution is -2.38. The number of anilines is 1. The molecule has 2 aliphatic rings. The van der Waals surface area contributed by atoms with Gasteiger partial charge in [-0.05, 0) is 50.3 Å². The van der Waals surface area contributed by atoms with E-state index in [-0.39, 0.29) is 24.0 Å². The van der Waals surface area contributed by atoms with E-state index in [0.717, 1.165) is 31.4 Å². The van der Waals surface area contributed by atoms with Crippen molar-refractivity contribution < 1.29 is 0 Å². The van der Waals surface area contributed by atoms with Crippen LogP contribution in [0, 0.1) is 0 Å². The molecule has 1 aromatic rings. The monoisotopic (exact) mass is 415 g/mol. The zero-order valence-electron chi connectivity index (χ0n) is 13.2. The highest BCUT2D eigenvalue weighted by Crippen LogP contribution is 2.19. The molecule has 0 radical (unpaired) electrons. The normalized spacial score (nSPS) is 18.0. The Morgan fingerprint density at radius 2 is 2.14 bits per heavy atom. The average molecular weight is 415 g/mol. The summed E-state index contributed by atoms with van der Waals surface area (Å²) >= 11 is 0. The number of rotatable bonds is 5. The molecule has 5 nitrogen and oxygen atoms in total. The third kappa shape index (κ3) is 5.00. The molecule has 1 saturated carbocycles. The molecular formula is C16H26IN5. The average Bonchev–Trinajstić information content (AvgIpc) is 3.15. The number of hydrogen-bond acceptors (Lipinski definition) is 3. The van der Waals surface area contributed by atoms with Crippen LogP contribution in [0.1, 0.15) is 38.2 Å². The summed E-state index contributed by atoms with van der Waals surface area (Å²) in [5.74, 6) is 2.03. The van der Waals surface area contributed by atoms with Crippen molar-refractivity contribution in [1.82, 2.24) is 15.6 Å². The number of guanidine groups is 1. The van der Waals surface area contributed by atoms with Crippen LogP contribution in [0.15, 0.2) is 23.3 Å². The minimum absolute atomic E-state index is 0. The standard InChI is InChI=1S/C16H25N5.HI/c1-2-17-16(20-14-5-6-14)19-12-13-7-8-18-15(11-13)21-9-3-4-10-21;/h7-8,11,14H,2-6,9-10,12H2,1H3,(H2,17,19,20);1H. The van der Waals surface area contributed by atoms with Gasteiger partial charge in [0.05, 0.1) is 6.54 Å². The predicted molar refractivity (Wildman–Crippen MR) is 102 cm³/mol. The highest BCUT2D eigenvalue weighted by Gasteiger charge is 2.22. The van der Waals surface area contributed by atoms with E-state index in [1.807, 2.05) is 6.20 Å². The van der Waals surface area contributed by atoms with Crippen molar-refractivity contribution in [3.63, 3.8) is 0 Å². The molecule has 0 aromatic carbocycles. The number of nitrogens with one attached hydrogen (secondary N) is 2. The molecule has 0 spiro atoms. The van der Waals surface area contributed by atoms with Gasteiger partial charge in [0.25, 0.3) is 0 Å². The van der Waals surface area contributed by atoms with Gasteiger partial charge in [0.2, 0.25) is 0 Å². The lowest BCUT2D eigenvalue weighted by Gasteiger charge is -2.16. The molecular weight excluding hydrogens is 389 g/mol. The first kappa shape index (κ1) is 17.3. The van der Waals surface area contributed by atoms with Crippen molar-refractivity contribution in [2.75, 3.05) is 24.5 Å². The summed E-state index contributed by atoms with van der Waals surface area (Å²) in [6.45, 7) is 5.96. The van der Waals surface area contributed by atoms with Crippen molar-refractivity contribution in [3.8, 4) is 0 Å². The fourth-order valence-electron chi connectivity index (χ4n) is 2.59. The molecule has 0 atom stereocenters. The second kappa shape index (κ2) is 8.55. The van der Waals surface area contributed by atoms with E-state index in [1.165, 1.54) is 31.2 Å². The first-order valence-electron chi connectivity index (χ1n) is 8.10. The first-order valence-corrected chi connectivity index (χ1v) is 8.10. The van der Waals surface area contributed by atoms with E-state index in [0.29, 0.717) is 12.6 Å². The van der Waals surface area contributed by atoms with Gasteiger partial charge >= 0.3 is 0 Å². The van der Waals surface area contributed by atoms with Crippen LogP contribution >= 0.6 is 24.0 Å². The Morgan fingerprint density at radius 3 is 2.82 bits per heavy atom. The third-order valence-electron chi connectivity index (χ3n) is 3.92. The van der Waals surface area contributed by atoms with Gasteiger partial charge in [-0.3, -0.25) is 0 Å². The number of pyridine rings is 1. The van der Waals surface area contributed by atoms with E-state index in [4.69, 9.17) is 0 Å². The van der Waals surface area contributed by atoms with Gasteiger partial charge in [0.1, 0.15) is 5.82 Å². The Morgan fingerprint density at radius 1 is 1.36 bits per heavy atom. The van der Waals surface area contributed by atoms with Gasteiger partial charge < -0.3 is 15.5 Å². The Labute approximate surface area is 150 Å². The van der Waals surface area contributed by atoms with Crippen LogP contribution in [0.4, 0.5) is 5.82 Å². The molecule has 3 rings (SSSR count). The molecule has 122 valence electrons. The maximum absolute atomic E-state index is 4.68. The predicted octanol–water partition coefficient (Wildman–Crippen LogP) is 2.52. The number of nitrogens with zero attached hydrogens (tertiary/aromatic N) is 3. The summed E-state index contributed by atoms with van der Waals surface area (Å²) in [6, 6.07) is 4.86.